The Morgan fingerprint density at radius 3 is 2.58 bits per heavy atom. The summed E-state index contributed by atoms with van der Waals surface area (Å²) in [4.78, 5) is 25.2. The molecular formula is C6H12N2O4. The lowest BCUT2D eigenvalue weighted by Crippen LogP contribution is -2.42. The quantitative estimate of drug-likeness (QED) is 0.443. The molecule has 0 saturated heterocycles. The van der Waals surface area contributed by atoms with Crippen LogP contribution in [0.25, 0.3) is 0 Å². The first kappa shape index (κ1) is 10.9. The molecule has 0 aromatic heterocycles. The van der Waals surface area contributed by atoms with Crippen molar-refractivity contribution in [3.8, 4) is 0 Å². The molecule has 0 aromatic carbocycles. The molecule has 0 saturated carbocycles. The van der Waals surface area contributed by atoms with E-state index in [-0.39, 0.29) is 18.9 Å². The maximum atomic E-state index is 10.8. The van der Waals surface area contributed by atoms with Crippen molar-refractivity contribution in [3.05, 3.63) is 0 Å². The minimum Gasteiger partial charge on any atom is -0.396 e. The van der Waals surface area contributed by atoms with Crippen molar-refractivity contribution in [2.45, 2.75) is 19.4 Å². The van der Waals surface area contributed by atoms with E-state index in [0.29, 0.717) is 0 Å². The molecule has 12 heavy (non-hydrogen) atoms. The average molecular weight is 176 g/mol. The highest BCUT2D eigenvalue weighted by Crippen LogP contribution is 1.92. The number of nitrogens with two attached hydrogens (primary N) is 1. The third-order valence-electron chi connectivity index (χ3n) is 1.20. The minimum absolute atomic E-state index is 0.0929. The lowest BCUT2D eigenvalue weighted by atomic mass is 10.2. The molecule has 0 spiro atoms. The molecule has 0 unspecified atom stereocenters. The van der Waals surface area contributed by atoms with E-state index in [1.807, 2.05) is 0 Å². The van der Waals surface area contributed by atoms with Crippen molar-refractivity contribution >= 4 is 11.9 Å². The molecule has 0 radical (unpaired) electrons. The van der Waals surface area contributed by atoms with E-state index in [0.717, 1.165) is 0 Å². The Morgan fingerprint density at radius 2 is 2.25 bits per heavy atom. The lowest BCUT2D eigenvalue weighted by molar-refractivity contribution is -0.148. The molecule has 6 heteroatoms. The van der Waals surface area contributed by atoms with Crippen molar-refractivity contribution in [3.63, 3.8) is 0 Å². The standard InChI is InChI=1S/C6H12N2O4/c1-4(10)8-5(2-3-9)6(11)12-7/h5,9H,2-3,7H2,1H3,(H,8,10)/t5-/m0/s1. The first-order valence-electron chi connectivity index (χ1n) is 3.40. The van der Waals surface area contributed by atoms with Crippen molar-refractivity contribution in [2.75, 3.05) is 6.61 Å². The molecule has 4 N–H and O–H groups in total. The number of carbonyl (C=O) groups excluding carboxylic acids is 2. The van der Waals surface area contributed by atoms with Crippen LogP contribution >= 0.6 is 0 Å². The van der Waals surface area contributed by atoms with E-state index in [2.05, 4.69) is 16.1 Å². The van der Waals surface area contributed by atoms with E-state index < -0.39 is 12.0 Å². The van der Waals surface area contributed by atoms with Gasteiger partial charge in [-0.1, -0.05) is 0 Å². The maximum absolute atomic E-state index is 10.8. The molecule has 0 aromatic rings. The Kier molecular flexibility index (Phi) is 4.98. The second-order valence-electron chi connectivity index (χ2n) is 2.20. The van der Waals surface area contributed by atoms with Crippen molar-refractivity contribution in [1.82, 2.24) is 5.32 Å². The van der Waals surface area contributed by atoms with Gasteiger partial charge in [0.15, 0.2) is 0 Å². The van der Waals surface area contributed by atoms with Gasteiger partial charge in [-0.3, -0.25) is 4.79 Å². The zero-order valence-electron chi connectivity index (χ0n) is 6.74. The smallest absolute Gasteiger partial charge is 0.347 e. The molecule has 0 heterocycles. The van der Waals surface area contributed by atoms with Gasteiger partial charge in [0.05, 0.1) is 0 Å². The first-order chi connectivity index (χ1) is 5.61. The highest BCUT2D eigenvalue weighted by atomic mass is 16.7. The van der Waals surface area contributed by atoms with Crippen LogP contribution in [0.4, 0.5) is 0 Å². The van der Waals surface area contributed by atoms with Gasteiger partial charge < -0.3 is 15.3 Å². The fourth-order valence-electron chi connectivity index (χ4n) is 0.706. The summed E-state index contributed by atoms with van der Waals surface area (Å²) < 4.78 is 0. The summed E-state index contributed by atoms with van der Waals surface area (Å²) in [6, 6.07) is -0.863. The van der Waals surface area contributed by atoms with Gasteiger partial charge in [-0.15, -0.1) is 0 Å². The number of amides is 1. The normalized spacial score (nSPS) is 11.9. The van der Waals surface area contributed by atoms with E-state index in [1.165, 1.54) is 6.92 Å². The molecule has 0 aliphatic carbocycles. The predicted octanol–water partition coefficient (Wildman–Crippen LogP) is -1.71. The van der Waals surface area contributed by atoms with E-state index >= 15 is 0 Å². The molecular weight excluding hydrogens is 164 g/mol. The first-order valence-corrected chi connectivity index (χ1v) is 3.40. The second-order valence-corrected chi connectivity index (χ2v) is 2.20. The lowest BCUT2D eigenvalue weighted by Gasteiger charge is -2.12. The van der Waals surface area contributed by atoms with Crippen molar-refractivity contribution in [2.24, 2.45) is 5.90 Å². The Morgan fingerprint density at radius 1 is 1.67 bits per heavy atom. The third-order valence-corrected chi connectivity index (χ3v) is 1.20. The highest BCUT2D eigenvalue weighted by molar-refractivity contribution is 5.82. The molecule has 0 aliphatic heterocycles. The van der Waals surface area contributed by atoms with Crippen LogP contribution in [0.2, 0.25) is 0 Å². The van der Waals surface area contributed by atoms with Gasteiger partial charge in [0, 0.05) is 20.0 Å². The van der Waals surface area contributed by atoms with Crippen LogP contribution in [0.15, 0.2) is 0 Å². The topological polar surface area (TPSA) is 102 Å². The third kappa shape index (κ3) is 3.89. The maximum Gasteiger partial charge on any atom is 0.347 e. The summed E-state index contributed by atoms with van der Waals surface area (Å²) >= 11 is 0. The fourth-order valence-corrected chi connectivity index (χ4v) is 0.706. The summed E-state index contributed by atoms with van der Waals surface area (Å²) in [6.45, 7) is 1.04. The van der Waals surface area contributed by atoms with Crippen LogP contribution in [0.1, 0.15) is 13.3 Å². The Balaban J connectivity index is 4.02. The Labute approximate surface area is 69.6 Å². The van der Waals surface area contributed by atoms with Crippen LogP contribution in [-0.2, 0) is 14.4 Å². The summed E-state index contributed by atoms with van der Waals surface area (Å²) in [5.74, 6) is 3.46. The minimum atomic E-state index is -0.863. The van der Waals surface area contributed by atoms with Gasteiger partial charge >= 0.3 is 5.97 Å². The van der Waals surface area contributed by atoms with Crippen LogP contribution < -0.4 is 11.2 Å². The molecule has 0 bridgehead atoms. The van der Waals surface area contributed by atoms with Gasteiger partial charge in [0.25, 0.3) is 0 Å². The van der Waals surface area contributed by atoms with Crippen LogP contribution in [0.5, 0.6) is 0 Å². The van der Waals surface area contributed by atoms with Gasteiger partial charge in [-0.05, 0) is 0 Å². The van der Waals surface area contributed by atoms with Crippen LogP contribution in [0.3, 0.4) is 0 Å². The molecule has 1 atom stereocenters. The number of hydrogen-bond acceptors (Lipinski definition) is 5. The average Bonchev–Trinajstić information content (AvgIpc) is 2.01. The number of carbonyl (C=O) groups is 2. The molecule has 70 valence electrons. The number of nitrogens with one attached hydrogen (secondary N) is 1. The largest absolute Gasteiger partial charge is 0.396 e. The monoisotopic (exact) mass is 176 g/mol. The summed E-state index contributed by atoms with van der Waals surface area (Å²) in [7, 11) is 0. The van der Waals surface area contributed by atoms with Crippen LogP contribution in [0, 0.1) is 0 Å². The Bertz CT molecular complexity index is 171. The van der Waals surface area contributed by atoms with E-state index in [4.69, 9.17) is 5.11 Å². The van der Waals surface area contributed by atoms with Gasteiger partial charge in [-0.25, -0.2) is 4.79 Å². The highest BCUT2D eigenvalue weighted by Gasteiger charge is 2.19. The molecule has 0 fully saturated rings. The number of aliphatic hydroxyl groups excluding tert-OH is 1. The molecule has 0 rings (SSSR count). The van der Waals surface area contributed by atoms with Crippen LogP contribution in [-0.4, -0.2) is 29.6 Å². The molecule has 6 nitrogen and oxygen atoms in total. The van der Waals surface area contributed by atoms with Gasteiger partial charge in [-0.2, -0.15) is 5.90 Å². The number of rotatable bonds is 4. The predicted molar refractivity (Wildman–Crippen MR) is 39.6 cm³/mol. The number of aliphatic hydroxyl groups is 1. The van der Waals surface area contributed by atoms with E-state index in [1.54, 1.807) is 0 Å². The van der Waals surface area contributed by atoms with Gasteiger partial charge in [0.2, 0.25) is 5.91 Å². The fraction of sp³-hybridized carbons (Fsp3) is 0.667. The van der Waals surface area contributed by atoms with E-state index in [9.17, 15) is 9.59 Å². The SMILES string of the molecule is CC(=O)N[C@@H](CCO)C(=O)ON. The zero-order chi connectivity index (χ0) is 9.56. The summed E-state index contributed by atoms with van der Waals surface area (Å²) in [5, 5.41) is 10.8. The molecule has 1 amide bonds. The summed E-state index contributed by atoms with van der Waals surface area (Å²) in [6.07, 6.45) is 0.0929. The number of hydrogen-bond donors (Lipinski definition) is 3. The second kappa shape index (κ2) is 5.50. The van der Waals surface area contributed by atoms with Crippen molar-refractivity contribution in [1.29, 1.82) is 0 Å². The Hall–Kier alpha value is -1.14. The molecule has 0 aliphatic rings. The van der Waals surface area contributed by atoms with Gasteiger partial charge in [0.1, 0.15) is 6.04 Å². The zero-order valence-corrected chi connectivity index (χ0v) is 6.74. The van der Waals surface area contributed by atoms with Crippen molar-refractivity contribution < 1.29 is 19.5 Å². The summed E-state index contributed by atoms with van der Waals surface area (Å²) in [5.41, 5.74) is 0.